The molecular weight excluding hydrogens is 256 g/mol. The van der Waals surface area contributed by atoms with Crippen molar-refractivity contribution in [3.05, 3.63) is 76.3 Å². The zero-order chi connectivity index (χ0) is 14.4. The molecule has 20 heavy (non-hydrogen) atoms. The van der Waals surface area contributed by atoms with Crippen LogP contribution in [0.2, 0.25) is 0 Å². The summed E-state index contributed by atoms with van der Waals surface area (Å²) in [4.78, 5) is 23.4. The van der Waals surface area contributed by atoms with Crippen LogP contribution in [0.5, 0.6) is 0 Å². The van der Waals surface area contributed by atoms with E-state index in [0.717, 1.165) is 5.56 Å². The van der Waals surface area contributed by atoms with Gasteiger partial charge in [-0.15, -0.1) is 0 Å². The fraction of sp³-hybridized carbons (Fsp3) is 0.133. The zero-order valence-electron chi connectivity index (χ0n) is 10.8. The normalized spacial score (nSPS) is 10.0. The number of hydrogen-bond donors (Lipinski definition) is 0. The fourth-order valence-electron chi connectivity index (χ4n) is 1.89. The number of nitro groups is 1. The lowest BCUT2D eigenvalue weighted by molar-refractivity contribution is -0.467. The van der Waals surface area contributed by atoms with Gasteiger partial charge in [0.25, 0.3) is 12.5 Å². The lowest BCUT2D eigenvalue weighted by Crippen LogP contribution is -2.35. The summed E-state index contributed by atoms with van der Waals surface area (Å²) < 4.78 is 0. The summed E-state index contributed by atoms with van der Waals surface area (Å²) in [5.41, 5.74) is 1.58. The first kappa shape index (κ1) is 13.7. The Kier molecular flexibility index (Phi) is 4.44. The van der Waals surface area contributed by atoms with Crippen LogP contribution >= 0.6 is 0 Å². The van der Waals surface area contributed by atoms with E-state index in [0.29, 0.717) is 12.2 Å². The third kappa shape index (κ3) is 3.65. The number of nitrogens with zero attached hydrogens (tertiary/aromatic N) is 2. The van der Waals surface area contributed by atoms with Crippen molar-refractivity contribution in [2.24, 2.45) is 0 Å². The topological polar surface area (TPSA) is 63.4 Å². The maximum atomic E-state index is 12.0. The van der Waals surface area contributed by atoms with Gasteiger partial charge in [-0.25, -0.2) is 0 Å². The summed E-state index contributed by atoms with van der Waals surface area (Å²) in [5, 5.41) is 10.6. The Morgan fingerprint density at radius 3 is 2.10 bits per heavy atom. The first-order valence-electron chi connectivity index (χ1n) is 6.18. The average molecular weight is 270 g/mol. The molecule has 0 bridgehead atoms. The molecule has 0 aliphatic rings. The Morgan fingerprint density at radius 1 is 1.00 bits per heavy atom. The second-order valence-electron chi connectivity index (χ2n) is 4.29. The molecule has 0 N–H and O–H groups in total. The summed E-state index contributed by atoms with van der Waals surface area (Å²) in [5.74, 6) is -0.523. The maximum Gasteiger partial charge on any atom is 0.299 e. The lowest BCUT2D eigenvalue weighted by Gasteiger charge is -2.21. The van der Waals surface area contributed by atoms with Gasteiger partial charge >= 0.3 is 0 Å². The molecule has 0 unspecified atom stereocenters. The van der Waals surface area contributed by atoms with Crippen molar-refractivity contribution < 1.29 is 9.72 Å². The Labute approximate surface area is 116 Å². The number of rotatable bonds is 5. The predicted molar refractivity (Wildman–Crippen MR) is 75.9 cm³/mol. The molecule has 2 aromatic carbocycles. The van der Waals surface area contributed by atoms with E-state index in [-0.39, 0.29) is 0 Å². The quantitative estimate of drug-likeness (QED) is 0.619. The minimum Gasteiger partial charge on any atom is -0.302 e. The van der Waals surface area contributed by atoms with Gasteiger partial charge in [0.05, 0.1) is 6.54 Å². The smallest absolute Gasteiger partial charge is 0.299 e. The third-order valence-corrected chi connectivity index (χ3v) is 2.82. The van der Waals surface area contributed by atoms with E-state index in [1.807, 2.05) is 36.4 Å². The van der Waals surface area contributed by atoms with Crippen molar-refractivity contribution in [1.82, 2.24) is 0 Å². The molecule has 0 atom stereocenters. The zero-order valence-corrected chi connectivity index (χ0v) is 10.8. The van der Waals surface area contributed by atoms with Crippen LogP contribution in [-0.4, -0.2) is 17.4 Å². The van der Waals surface area contributed by atoms with E-state index in [2.05, 4.69) is 0 Å². The largest absolute Gasteiger partial charge is 0.302 e. The van der Waals surface area contributed by atoms with Gasteiger partial charge in [0.15, 0.2) is 0 Å². The molecule has 0 aliphatic carbocycles. The number of amides is 1. The van der Waals surface area contributed by atoms with Crippen molar-refractivity contribution in [2.45, 2.75) is 6.54 Å². The lowest BCUT2D eigenvalue weighted by atomic mass is 10.2. The van der Waals surface area contributed by atoms with E-state index >= 15 is 0 Å². The molecule has 1 amide bonds. The summed E-state index contributed by atoms with van der Waals surface area (Å²) in [6.07, 6.45) is 0. The Morgan fingerprint density at radius 2 is 1.55 bits per heavy atom. The van der Waals surface area contributed by atoms with Gasteiger partial charge < -0.3 is 4.90 Å². The van der Waals surface area contributed by atoms with Crippen LogP contribution in [0.4, 0.5) is 5.69 Å². The SMILES string of the molecule is O=C(C[N+](=O)[O-])N(Cc1ccccc1)c1ccccc1. The van der Waals surface area contributed by atoms with Crippen LogP contribution in [0.1, 0.15) is 5.56 Å². The number of anilines is 1. The van der Waals surface area contributed by atoms with Crippen LogP contribution in [0.3, 0.4) is 0 Å². The van der Waals surface area contributed by atoms with Crippen molar-refractivity contribution in [3.8, 4) is 0 Å². The highest BCUT2D eigenvalue weighted by molar-refractivity contribution is 5.94. The second-order valence-corrected chi connectivity index (χ2v) is 4.29. The highest BCUT2D eigenvalue weighted by atomic mass is 16.6. The minimum absolute atomic E-state index is 0.317. The number of carbonyl (C=O) groups is 1. The molecule has 102 valence electrons. The summed E-state index contributed by atoms with van der Waals surface area (Å²) in [7, 11) is 0. The van der Waals surface area contributed by atoms with Crippen LogP contribution in [-0.2, 0) is 11.3 Å². The Hall–Kier alpha value is -2.69. The molecule has 0 saturated heterocycles. The van der Waals surface area contributed by atoms with Crippen LogP contribution in [0.15, 0.2) is 60.7 Å². The van der Waals surface area contributed by atoms with Gasteiger partial charge in [-0.1, -0.05) is 48.5 Å². The fourth-order valence-corrected chi connectivity index (χ4v) is 1.89. The summed E-state index contributed by atoms with van der Waals surface area (Å²) in [6.45, 7) is -0.390. The number of benzene rings is 2. The van der Waals surface area contributed by atoms with E-state index < -0.39 is 17.4 Å². The molecule has 2 rings (SSSR count). The molecule has 5 heteroatoms. The molecule has 0 spiro atoms. The molecule has 0 radical (unpaired) electrons. The van der Waals surface area contributed by atoms with Gasteiger partial charge in [-0.3, -0.25) is 14.9 Å². The van der Waals surface area contributed by atoms with Crippen molar-refractivity contribution in [3.63, 3.8) is 0 Å². The number of para-hydroxylation sites is 1. The molecule has 0 aliphatic heterocycles. The van der Waals surface area contributed by atoms with Gasteiger partial charge in [0, 0.05) is 10.6 Å². The Balaban J connectivity index is 2.25. The van der Waals surface area contributed by atoms with E-state index in [9.17, 15) is 14.9 Å². The van der Waals surface area contributed by atoms with Crippen molar-refractivity contribution >= 4 is 11.6 Å². The molecule has 0 aromatic heterocycles. The van der Waals surface area contributed by atoms with Crippen LogP contribution in [0.25, 0.3) is 0 Å². The van der Waals surface area contributed by atoms with Crippen molar-refractivity contribution in [2.75, 3.05) is 11.4 Å². The molecule has 0 heterocycles. The van der Waals surface area contributed by atoms with Crippen LogP contribution in [0, 0.1) is 10.1 Å². The van der Waals surface area contributed by atoms with E-state index in [4.69, 9.17) is 0 Å². The standard InChI is InChI=1S/C15H14N2O3/c18-15(12-17(19)20)16(14-9-5-2-6-10-14)11-13-7-3-1-4-8-13/h1-10H,11-12H2. The third-order valence-electron chi connectivity index (χ3n) is 2.82. The molecule has 0 saturated carbocycles. The van der Waals surface area contributed by atoms with Crippen molar-refractivity contribution in [1.29, 1.82) is 0 Å². The number of hydrogen-bond acceptors (Lipinski definition) is 3. The highest BCUT2D eigenvalue weighted by Gasteiger charge is 2.20. The van der Waals surface area contributed by atoms with Crippen LogP contribution < -0.4 is 4.90 Å². The van der Waals surface area contributed by atoms with E-state index in [1.165, 1.54) is 4.90 Å². The van der Waals surface area contributed by atoms with Gasteiger partial charge in [0.2, 0.25) is 0 Å². The highest BCUT2D eigenvalue weighted by Crippen LogP contribution is 2.17. The molecule has 0 fully saturated rings. The minimum atomic E-state index is -0.707. The second kappa shape index (κ2) is 6.47. The monoisotopic (exact) mass is 270 g/mol. The molecular formula is C15H14N2O3. The molecule has 5 nitrogen and oxygen atoms in total. The molecule has 2 aromatic rings. The first-order valence-corrected chi connectivity index (χ1v) is 6.18. The van der Waals surface area contributed by atoms with Gasteiger partial charge in [0.1, 0.15) is 0 Å². The first-order chi connectivity index (χ1) is 9.66. The maximum absolute atomic E-state index is 12.0. The van der Waals surface area contributed by atoms with Gasteiger partial charge in [-0.05, 0) is 17.7 Å². The summed E-state index contributed by atoms with van der Waals surface area (Å²) in [6, 6.07) is 18.4. The number of carbonyl (C=O) groups excluding carboxylic acids is 1. The average Bonchev–Trinajstić information content (AvgIpc) is 2.46. The van der Waals surface area contributed by atoms with E-state index in [1.54, 1.807) is 24.3 Å². The predicted octanol–water partition coefficient (Wildman–Crippen LogP) is 2.50. The Bertz CT molecular complexity index is 585. The van der Waals surface area contributed by atoms with Gasteiger partial charge in [-0.2, -0.15) is 0 Å². The summed E-state index contributed by atoms with van der Waals surface area (Å²) >= 11 is 0.